The van der Waals surface area contributed by atoms with Crippen molar-refractivity contribution < 1.29 is 28.6 Å². The van der Waals surface area contributed by atoms with Crippen molar-refractivity contribution in [1.82, 2.24) is 0 Å². The van der Waals surface area contributed by atoms with Crippen LogP contribution in [0, 0.1) is 0 Å². The van der Waals surface area contributed by atoms with Gasteiger partial charge in [0.25, 0.3) is 0 Å². The minimum absolute atomic E-state index is 0.0992. The molecular weight excluding hydrogens is 805 g/mol. The standard InChI is InChI=1S/C59H100O6/c1-4-7-10-13-16-19-22-25-28-29-32-34-37-40-43-46-49-52-58(61)64-55-56(65-59(62)53-50-47-44-41-38-35-31-27-24-21-18-15-12-9-6-3)54-63-57(60)51-48-45-42-39-36-33-30-26-23-20-17-14-11-8-5-2/h9,12,16,18-19,21,25,27-28,31-32,34,38,41,56H,4-8,10-11,13-15,17,20,22-24,26,29-30,33,35-37,39-40,42-55H2,1-3H3/b12-9-,19-16-,21-18-,28-25-,31-27-,34-32-,41-38-/t56-/m0/s1. The summed E-state index contributed by atoms with van der Waals surface area (Å²) in [6.07, 6.45) is 68.5. The Morgan fingerprint density at radius 1 is 0.323 bits per heavy atom. The van der Waals surface area contributed by atoms with Crippen LogP contribution in [-0.4, -0.2) is 37.2 Å². The summed E-state index contributed by atoms with van der Waals surface area (Å²) >= 11 is 0. The summed E-state index contributed by atoms with van der Waals surface area (Å²) in [5.41, 5.74) is 0. The second-order valence-electron chi connectivity index (χ2n) is 17.8. The van der Waals surface area contributed by atoms with Crippen LogP contribution in [-0.2, 0) is 28.6 Å². The fourth-order valence-electron chi connectivity index (χ4n) is 7.32. The lowest BCUT2D eigenvalue weighted by atomic mass is 10.0. The van der Waals surface area contributed by atoms with Crippen molar-refractivity contribution in [2.45, 2.75) is 258 Å². The summed E-state index contributed by atoms with van der Waals surface area (Å²) in [5.74, 6) is -0.960. The van der Waals surface area contributed by atoms with Crippen LogP contribution in [0.25, 0.3) is 0 Å². The highest BCUT2D eigenvalue weighted by Gasteiger charge is 2.19. The van der Waals surface area contributed by atoms with Crippen LogP contribution < -0.4 is 0 Å². The van der Waals surface area contributed by atoms with E-state index in [1.165, 1.54) is 103 Å². The van der Waals surface area contributed by atoms with Gasteiger partial charge in [0.05, 0.1) is 0 Å². The molecule has 0 unspecified atom stereocenters. The molecule has 0 aliphatic carbocycles. The molecule has 0 aromatic heterocycles. The van der Waals surface area contributed by atoms with Gasteiger partial charge in [-0.2, -0.15) is 0 Å². The van der Waals surface area contributed by atoms with E-state index in [1.54, 1.807) is 0 Å². The molecule has 0 aromatic rings. The molecule has 372 valence electrons. The lowest BCUT2D eigenvalue weighted by Crippen LogP contribution is -2.30. The smallest absolute Gasteiger partial charge is 0.306 e. The van der Waals surface area contributed by atoms with Crippen molar-refractivity contribution in [2.24, 2.45) is 0 Å². The fraction of sp³-hybridized carbons (Fsp3) is 0.712. The molecule has 0 bridgehead atoms. The van der Waals surface area contributed by atoms with Crippen molar-refractivity contribution in [2.75, 3.05) is 13.2 Å². The molecule has 0 aliphatic rings. The summed E-state index contributed by atoms with van der Waals surface area (Å²) in [5, 5.41) is 0. The zero-order valence-corrected chi connectivity index (χ0v) is 42.5. The Morgan fingerprint density at radius 2 is 0.600 bits per heavy atom. The van der Waals surface area contributed by atoms with Crippen LogP contribution in [0.3, 0.4) is 0 Å². The third kappa shape index (κ3) is 51.4. The molecule has 0 saturated heterocycles. The molecule has 0 heterocycles. The normalized spacial score (nSPS) is 12.7. The summed E-state index contributed by atoms with van der Waals surface area (Å²) in [7, 11) is 0. The zero-order valence-electron chi connectivity index (χ0n) is 42.5. The SMILES string of the molecule is CC/C=C\C/C=C\C/C=C\C/C=C\CCCCC(=O)O[C@H](COC(=O)CCCCCC/C=C\C/C=C\C/C=C\CCCCC)COC(=O)CCCCCCCCCCCCCCCCC. The minimum atomic E-state index is -0.806. The van der Waals surface area contributed by atoms with Gasteiger partial charge in [0.2, 0.25) is 0 Å². The first kappa shape index (κ1) is 61.6. The second kappa shape index (κ2) is 53.2. The number of esters is 3. The van der Waals surface area contributed by atoms with Crippen LogP contribution in [0.5, 0.6) is 0 Å². The molecule has 0 amide bonds. The van der Waals surface area contributed by atoms with E-state index >= 15 is 0 Å². The molecule has 0 saturated carbocycles. The average Bonchev–Trinajstić information content (AvgIpc) is 3.30. The first-order valence-corrected chi connectivity index (χ1v) is 27.1. The summed E-state index contributed by atoms with van der Waals surface area (Å²) in [6, 6.07) is 0. The summed E-state index contributed by atoms with van der Waals surface area (Å²) < 4.78 is 16.8. The second-order valence-corrected chi connectivity index (χ2v) is 17.8. The summed E-state index contributed by atoms with van der Waals surface area (Å²) in [6.45, 7) is 6.45. The minimum Gasteiger partial charge on any atom is -0.462 e. The van der Waals surface area contributed by atoms with Crippen LogP contribution in [0.1, 0.15) is 252 Å². The van der Waals surface area contributed by atoms with E-state index in [0.717, 1.165) is 103 Å². The largest absolute Gasteiger partial charge is 0.462 e. The van der Waals surface area contributed by atoms with Crippen LogP contribution in [0.15, 0.2) is 85.1 Å². The number of carbonyl (C=O) groups excluding carboxylic acids is 3. The highest BCUT2D eigenvalue weighted by molar-refractivity contribution is 5.71. The van der Waals surface area contributed by atoms with Crippen LogP contribution >= 0.6 is 0 Å². The molecule has 0 fully saturated rings. The highest BCUT2D eigenvalue weighted by Crippen LogP contribution is 2.15. The first-order valence-electron chi connectivity index (χ1n) is 27.1. The third-order valence-electron chi connectivity index (χ3n) is 11.4. The zero-order chi connectivity index (χ0) is 47.2. The monoisotopic (exact) mass is 905 g/mol. The van der Waals surface area contributed by atoms with Crippen molar-refractivity contribution in [1.29, 1.82) is 0 Å². The first-order chi connectivity index (χ1) is 32.0. The molecular formula is C59H100O6. The van der Waals surface area contributed by atoms with E-state index in [1.807, 2.05) is 0 Å². The van der Waals surface area contributed by atoms with Crippen molar-refractivity contribution in [3.05, 3.63) is 85.1 Å². The number of ether oxygens (including phenoxy) is 3. The molecule has 0 aliphatic heterocycles. The number of unbranched alkanes of at least 4 members (excludes halogenated alkanes) is 23. The topological polar surface area (TPSA) is 78.9 Å². The molecule has 1 atom stereocenters. The lowest BCUT2D eigenvalue weighted by molar-refractivity contribution is -0.167. The molecule has 0 aromatic carbocycles. The Balaban J connectivity index is 4.48. The lowest BCUT2D eigenvalue weighted by Gasteiger charge is -2.18. The molecule has 0 radical (unpaired) electrons. The Hall–Kier alpha value is -3.41. The maximum Gasteiger partial charge on any atom is 0.306 e. The molecule has 65 heavy (non-hydrogen) atoms. The van der Waals surface area contributed by atoms with E-state index in [2.05, 4.69) is 106 Å². The predicted molar refractivity (Wildman–Crippen MR) is 279 cm³/mol. The van der Waals surface area contributed by atoms with Gasteiger partial charge in [-0.1, -0.05) is 221 Å². The number of hydrogen-bond acceptors (Lipinski definition) is 6. The Labute approximate surface area is 401 Å². The highest BCUT2D eigenvalue weighted by atomic mass is 16.6. The van der Waals surface area contributed by atoms with Gasteiger partial charge in [-0.3, -0.25) is 14.4 Å². The van der Waals surface area contributed by atoms with Crippen molar-refractivity contribution >= 4 is 17.9 Å². The number of allylic oxidation sites excluding steroid dienone is 14. The van der Waals surface area contributed by atoms with Gasteiger partial charge in [-0.25, -0.2) is 0 Å². The van der Waals surface area contributed by atoms with Gasteiger partial charge in [-0.15, -0.1) is 0 Å². The number of hydrogen-bond donors (Lipinski definition) is 0. The maximum absolute atomic E-state index is 12.8. The maximum atomic E-state index is 12.8. The Morgan fingerprint density at radius 3 is 1.00 bits per heavy atom. The van der Waals surface area contributed by atoms with E-state index in [-0.39, 0.29) is 37.5 Å². The van der Waals surface area contributed by atoms with Gasteiger partial charge in [-0.05, 0) is 96.3 Å². The fourth-order valence-corrected chi connectivity index (χ4v) is 7.32. The molecule has 0 N–H and O–H groups in total. The van der Waals surface area contributed by atoms with Crippen LogP contribution in [0.4, 0.5) is 0 Å². The van der Waals surface area contributed by atoms with Gasteiger partial charge >= 0.3 is 17.9 Å². The van der Waals surface area contributed by atoms with E-state index in [9.17, 15) is 14.4 Å². The quantitative estimate of drug-likeness (QED) is 0.0262. The van der Waals surface area contributed by atoms with E-state index in [4.69, 9.17) is 14.2 Å². The number of rotatable bonds is 48. The molecule has 6 heteroatoms. The van der Waals surface area contributed by atoms with E-state index in [0.29, 0.717) is 19.3 Å². The van der Waals surface area contributed by atoms with E-state index < -0.39 is 6.10 Å². The van der Waals surface area contributed by atoms with Crippen molar-refractivity contribution in [3.8, 4) is 0 Å². The average molecular weight is 905 g/mol. The third-order valence-corrected chi connectivity index (χ3v) is 11.4. The van der Waals surface area contributed by atoms with Gasteiger partial charge < -0.3 is 14.2 Å². The van der Waals surface area contributed by atoms with Crippen LogP contribution in [0.2, 0.25) is 0 Å². The molecule has 0 rings (SSSR count). The molecule has 0 spiro atoms. The van der Waals surface area contributed by atoms with Gasteiger partial charge in [0.1, 0.15) is 13.2 Å². The predicted octanol–water partition coefficient (Wildman–Crippen LogP) is 18.0. The van der Waals surface area contributed by atoms with Gasteiger partial charge in [0.15, 0.2) is 6.10 Å². The van der Waals surface area contributed by atoms with Gasteiger partial charge in [0, 0.05) is 19.3 Å². The summed E-state index contributed by atoms with van der Waals surface area (Å²) in [4.78, 5) is 38.0. The number of carbonyl (C=O) groups is 3. The molecule has 6 nitrogen and oxygen atoms in total. The Kier molecular flexibility index (Phi) is 50.4. The van der Waals surface area contributed by atoms with Crippen molar-refractivity contribution in [3.63, 3.8) is 0 Å². The Bertz CT molecular complexity index is 1270.